The highest BCUT2D eigenvalue weighted by molar-refractivity contribution is 14.1. The molecule has 3 unspecified atom stereocenters. The van der Waals surface area contributed by atoms with Gasteiger partial charge >= 0.3 is 0 Å². The third kappa shape index (κ3) is 2.71. The highest BCUT2D eigenvalue weighted by Gasteiger charge is 2.32. The normalized spacial score (nSPS) is 28.2. The van der Waals surface area contributed by atoms with Crippen LogP contribution in [0.25, 0.3) is 0 Å². The van der Waals surface area contributed by atoms with Crippen molar-refractivity contribution in [3.63, 3.8) is 0 Å². The number of piperidine rings is 1. The van der Waals surface area contributed by atoms with E-state index in [1.807, 2.05) is 24.3 Å². The van der Waals surface area contributed by atoms with Gasteiger partial charge in [0, 0.05) is 16.2 Å². The number of halogens is 1. The van der Waals surface area contributed by atoms with Gasteiger partial charge in [0.1, 0.15) is 0 Å². The molecule has 0 radical (unpaired) electrons. The van der Waals surface area contributed by atoms with Crippen molar-refractivity contribution in [3.05, 3.63) is 33.4 Å². The molecule has 1 aliphatic rings. The molecule has 1 aromatic carbocycles. The zero-order valence-corrected chi connectivity index (χ0v) is 13.3. The zero-order chi connectivity index (χ0) is 13.3. The van der Waals surface area contributed by atoms with Crippen LogP contribution in [0, 0.1) is 15.4 Å². The number of rotatable bonds is 1. The molecule has 1 aliphatic heterocycles. The van der Waals surface area contributed by atoms with Gasteiger partial charge in [-0.2, -0.15) is 0 Å². The Balaban J connectivity index is 2.25. The van der Waals surface area contributed by atoms with Crippen molar-refractivity contribution in [3.8, 4) is 0 Å². The van der Waals surface area contributed by atoms with Crippen molar-refractivity contribution in [2.24, 2.45) is 11.8 Å². The molecule has 0 aromatic heterocycles. The summed E-state index contributed by atoms with van der Waals surface area (Å²) in [6, 6.07) is 8.18. The Bertz CT molecular complexity index is 446. The smallest absolute Gasteiger partial charge is 0.255 e. The first-order valence-electron chi connectivity index (χ1n) is 6.56. The van der Waals surface area contributed by atoms with Gasteiger partial charge in [-0.25, -0.2) is 0 Å². The Labute approximate surface area is 123 Å². The van der Waals surface area contributed by atoms with Gasteiger partial charge in [0.05, 0.1) is 5.56 Å². The molecule has 0 spiro atoms. The standard InChI is InChI=1S/C15H20INO/c1-10-8-11(2)12(3)17(9-10)15(18)13-6-4-5-7-14(13)16/h4-7,10-12H,8-9H2,1-3H3. The lowest BCUT2D eigenvalue weighted by Crippen LogP contribution is -2.49. The highest BCUT2D eigenvalue weighted by Crippen LogP contribution is 2.28. The molecule has 0 N–H and O–H groups in total. The maximum Gasteiger partial charge on any atom is 0.255 e. The molecule has 2 rings (SSSR count). The third-order valence-electron chi connectivity index (χ3n) is 3.96. The molecular weight excluding hydrogens is 337 g/mol. The molecule has 2 nitrogen and oxygen atoms in total. The monoisotopic (exact) mass is 357 g/mol. The molecule has 98 valence electrons. The van der Waals surface area contributed by atoms with E-state index in [9.17, 15) is 4.79 Å². The lowest BCUT2D eigenvalue weighted by atomic mass is 9.85. The van der Waals surface area contributed by atoms with Crippen LogP contribution >= 0.6 is 22.6 Å². The van der Waals surface area contributed by atoms with Crippen LogP contribution in [-0.2, 0) is 0 Å². The molecule has 0 saturated carbocycles. The van der Waals surface area contributed by atoms with Crippen LogP contribution in [0.5, 0.6) is 0 Å². The van der Waals surface area contributed by atoms with Gasteiger partial charge in [0.2, 0.25) is 0 Å². The van der Waals surface area contributed by atoms with Gasteiger partial charge in [0.25, 0.3) is 5.91 Å². The summed E-state index contributed by atoms with van der Waals surface area (Å²) in [5.74, 6) is 1.37. The molecule has 1 saturated heterocycles. The zero-order valence-electron chi connectivity index (χ0n) is 11.2. The Kier molecular flexibility index (Phi) is 4.30. The van der Waals surface area contributed by atoms with Gasteiger partial charge < -0.3 is 4.90 Å². The lowest BCUT2D eigenvalue weighted by molar-refractivity contribution is 0.0454. The number of carbonyl (C=O) groups excluding carboxylic acids is 1. The summed E-state index contributed by atoms with van der Waals surface area (Å²) < 4.78 is 1.04. The Morgan fingerprint density at radius 1 is 1.28 bits per heavy atom. The SMILES string of the molecule is CC1CC(C)C(C)N(C(=O)c2ccccc2I)C1. The average molecular weight is 357 g/mol. The van der Waals surface area contributed by atoms with E-state index in [0.29, 0.717) is 17.9 Å². The van der Waals surface area contributed by atoms with Gasteiger partial charge in [-0.1, -0.05) is 26.0 Å². The van der Waals surface area contributed by atoms with E-state index < -0.39 is 0 Å². The van der Waals surface area contributed by atoms with Crippen LogP contribution in [0.3, 0.4) is 0 Å². The summed E-state index contributed by atoms with van der Waals surface area (Å²) in [6.07, 6.45) is 1.22. The predicted octanol–water partition coefficient (Wildman–Crippen LogP) is 3.80. The van der Waals surface area contributed by atoms with E-state index in [4.69, 9.17) is 0 Å². The summed E-state index contributed by atoms with van der Waals surface area (Å²) >= 11 is 2.24. The number of benzene rings is 1. The van der Waals surface area contributed by atoms with Crippen LogP contribution in [0.1, 0.15) is 37.6 Å². The largest absolute Gasteiger partial charge is 0.335 e. The summed E-state index contributed by atoms with van der Waals surface area (Å²) in [5.41, 5.74) is 0.839. The van der Waals surface area contributed by atoms with Crippen molar-refractivity contribution < 1.29 is 4.79 Å². The van der Waals surface area contributed by atoms with Crippen molar-refractivity contribution in [1.29, 1.82) is 0 Å². The molecule has 0 aliphatic carbocycles. The van der Waals surface area contributed by atoms with Crippen LogP contribution in [0.2, 0.25) is 0 Å². The van der Waals surface area contributed by atoms with E-state index in [-0.39, 0.29) is 5.91 Å². The second kappa shape index (κ2) is 5.59. The number of hydrogen-bond acceptors (Lipinski definition) is 1. The predicted molar refractivity (Wildman–Crippen MR) is 82.6 cm³/mol. The summed E-state index contributed by atoms with van der Waals surface area (Å²) in [5, 5.41) is 0. The Hall–Kier alpha value is -0.580. The minimum absolute atomic E-state index is 0.186. The maximum absolute atomic E-state index is 12.6. The van der Waals surface area contributed by atoms with Crippen LogP contribution < -0.4 is 0 Å². The second-order valence-corrected chi connectivity index (χ2v) is 6.66. The first kappa shape index (κ1) is 13.8. The van der Waals surface area contributed by atoms with Crippen molar-refractivity contribution in [1.82, 2.24) is 4.90 Å². The fourth-order valence-corrected chi connectivity index (χ4v) is 3.39. The van der Waals surface area contributed by atoms with Gasteiger partial charge in [-0.05, 0) is 59.9 Å². The number of nitrogens with zero attached hydrogens (tertiary/aromatic N) is 1. The molecule has 1 fully saturated rings. The number of carbonyl (C=O) groups is 1. The highest BCUT2D eigenvalue weighted by atomic mass is 127. The van der Waals surface area contributed by atoms with Crippen molar-refractivity contribution >= 4 is 28.5 Å². The number of likely N-dealkylation sites (tertiary alicyclic amines) is 1. The average Bonchev–Trinajstić information content (AvgIpc) is 2.33. The molecule has 18 heavy (non-hydrogen) atoms. The second-order valence-electron chi connectivity index (χ2n) is 5.50. The van der Waals surface area contributed by atoms with E-state index in [1.165, 1.54) is 6.42 Å². The third-order valence-corrected chi connectivity index (χ3v) is 4.90. The van der Waals surface area contributed by atoms with E-state index in [1.54, 1.807) is 0 Å². The van der Waals surface area contributed by atoms with Gasteiger partial charge in [-0.15, -0.1) is 0 Å². The van der Waals surface area contributed by atoms with Crippen molar-refractivity contribution in [2.75, 3.05) is 6.54 Å². The topological polar surface area (TPSA) is 20.3 Å². The van der Waals surface area contributed by atoms with Crippen molar-refractivity contribution in [2.45, 2.75) is 33.2 Å². The molecular formula is C15H20INO. The Morgan fingerprint density at radius 3 is 2.61 bits per heavy atom. The minimum atomic E-state index is 0.186. The van der Waals surface area contributed by atoms with Crippen LogP contribution in [0.4, 0.5) is 0 Å². The first-order chi connectivity index (χ1) is 8.50. The molecule has 0 bridgehead atoms. The molecule has 1 heterocycles. The lowest BCUT2D eigenvalue weighted by Gasteiger charge is -2.41. The summed E-state index contributed by atoms with van der Waals surface area (Å²) in [6.45, 7) is 7.54. The minimum Gasteiger partial charge on any atom is -0.335 e. The summed E-state index contributed by atoms with van der Waals surface area (Å²) in [7, 11) is 0. The maximum atomic E-state index is 12.6. The van der Waals surface area contributed by atoms with E-state index in [2.05, 4.69) is 48.3 Å². The van der Waals surface area contributed by atoms with Crippen LogP contribution in [-0.4, -0.2) is 23.4 Å². The fourth-order valence-electron chi connectivity index (χ4n) is 2.77. The molecule has 1 amide bonds. The number of hydrogen-bond donors (Lipinski definition) is 0. The Morgan fingerprint density at radius 2 is 1.94 bits per heavy atom. The van der Waals surface area contributed by atoms with E-state index >= 15 is 0 Å². The fraction of sp³-hybridized carbons (Fsp3) is 0.533. The quantitative estimate of drug-likeness (QED) is 0.701. The molecule has 1 aromatic rings. The van der Waals surface area contributed by atoms with E-state index in [0.717, 1.165) is 15.7 Å². The first-order valence-corrected chi connectivity index (χ1v) is 7.64. The van der Waals surface area contributed by atoms with Gasteiger partial charge in [-0.3, -0.25) is 4.79 Å². The van der Waals surface area contributed by atoms with Gasteiger partial charge in [0.15, 0.2) is 0 Å². The summed E-state index contributed by atoms with van der Waals surface area (Å²) in [4.78, 5) is 14.7. The number of amides is 1. The molecule has 3 heteroatoms. The molecule has 3 atom stereocenters. The van der Waals surface area contributed by atoms with Crippen LogP contribution in [0.15, 0.2) is 24.3 Å².